The number of nitrogens with zero attached hydrogens (tertiary/aromatic N) is 1. The van der Waals surface area contributed by atoms with E-state index >= 15 is 0 Å². The van der Waals surface area contributed by atoms with E-state index < -0.39 is 5.91 Å². The SMILES string of the molecule is N#CC1(CC2(Sc3ccccc3)CC2)CCc2c(sc(N)c2C(N)=O)C1. The van der Waals surface area contributed by atoms with Gasteiger partial charge >= 0.3 is 0 Å². The van der Waals surface area contributed by atoms with Crippen molar-refractivity contribution in [3.8, 4) is 6.07 Å². The van der Waals surface area contributed by atoms with E-state index in [9.17, 15) is 10.1 Å². The van der Waals surface area contributed by atoms with Crippen molar-refractivity contribution >= 4 is 34.0 Å². The standard InChI is InChI=1S/C20H21N3OS2/c21-12-19(11-20(8-9-20)26-13-4-2-1-3-5-13)7-6-14-15(10-19)25-18(23)16(14)17(22)24/h1-5H,6-11,23H2,(H2,22,24). The Morgan fingerprint density at radius 3 is 2.62 bits per heavy atom. The molecule has 1 aromatic heterocycles. The largest absolute Gasteiger partial charge is 0.390 e. The van der Waals surface area contributed by atoms with Gasteiger partial charge in [-0.1, -0.05) is 18.2 Å². The summed E-state index contributed by atoms with van der Waals surface area (Å²) in [6.07, 6.45) is 5.35. The summed E-state index contributed by atoms with van der Waals surface area (Å²) in [5.74, 6) is -0.456. The molecule has 1 fully saturated rings. The Morgan fingerprint density at radius 2 is 2.00 bits per heavy atom. The Labute approximate surface area is 161 Å². The minimum absolute atomic E-state index is 0.171. The first-order valence-corrected chi connectivity index (χ1v) is 10.4. The highest BCUT2D eigenvalue weighted by molar-refractivity contribution is 8.01. The molecule has 26 heavy (non-hydrogen) atoms. The molecule has 1 unspecified atom stereocenters. The number of amides is 1. The Hall–Kier alpha value is -1.97. The predicted molar refractivity (Wildman–Crippen MR) is 106 cm³/mol. The number of fused-ring (bicyclic) bond motifs is 1. The number of nitrogen functional groups attached to an aromatic ring is 1. The van der Waals surface area contributed by atoms with Crippen LogP contribution in [0.4, 0.5) is 5.00 Å². The van der Waals surface area contributed by atoms with Crippen LogP contribution in [-0.4, -0.2) is 10.7 Å². The molecule has 0 aliphatic heterocycles. The maximum Gasteiger partial charge on any atom is 0.251 e. The van der Waals surface area contributed by atoms with Crippen molar-refractivity contribution in [3.05, 3.63) is 46.3 Å². The molecule has 1 amide bonds. The smallest absolute Gasteiger partial charge is 0.251 e. The molecule has 2 aromatic rings. The van der Waals surface area contributed by atoms with Crippen molar-refractivity contribution < 1.29 is 4.79 Å². The third-order valence-corrected chi connectivity index (χ3v) is 8.05. The number of rotatable bonds is 5. The third-order valence-electron chi connectivity index (χ3n) is 5.50. The summed E-state index contributed by atoms with van der Waals surface area (Å²) in [6.45, 7) is 0. The fraction of sp³-hybridized carbons (Fsp3) is 0.400. The van der Waals surface area contributed by atoms with Crippen molar-refractivity contribution in [2.24, 2.45) is 11.1 Å². The number of nitriles is 1. The van der Waals surface area contributed by atoms with Crippen LogP contribution in [0.3, 0.4) is 0 Å². The second-order valence-corrected chi connectivity index (χ2v) is 10.1. The summed E-state index contributed by atoms with van der Waals surface area (Å²) in [5.41, 5.74) is 12.6. The summed E-state index contributed by atoms with van der Waals surface area (Å²) in [6, 6.07) is 13.1. The van der Waals surface area contributed by atoms with E-state index in [2.05, 4.69) is 30.3 Å². The highest BCUT2D eigenvalue weighted by Crippen LogP contribution is 2.59. The van der Waals surface area contributed by atoms with Crippen LogP contribution in [0.5, 0.6) is 0 Å². The molecule has 1 heterocycles. The maximum atomic E-state index is 11.7. The van der Waals surface area contributed by atoms with Crippen molar-refractivity contribution in [2.75, 3.05) is 5.73 Å². The average Bonchev–Trinajstić information content (AvgIpc) is 3.27. The number of carbonyl (C=O) groups excluding carboxylic acids is 1. The fourth-order valence-electron chi connectivity index (χ4n) is 4.07. The monoisotopic (exact) mass is 383 g/mol. The van der Waals surface area contributed by atoms with Gasteiger partial charge in [-0.15, -0.1) is 23.1 Å². The summed E-state index contributed by atoms with van der Waals surface area (Å²) in [5, 5.41) is 10.5. The zero-order valence-electron chi connectivity index (χ0n) is 14.5. The van der Waals surface area contributed by atoms with Gasteiger partial charge in [0.05, 0.1) is 22.0 Å². The Kier molecular flexibility index (Phi) is 4.25. The van der Waals surface area contributed by atoms with Crippen LogP contribution in [0.15, 0.2) is 35.2 Å². The van der Waals surface area contributed by atoms with Gasteiger partial charge in [0.1, 0.15) is 0 Å². The minimum atomic E-state index is -0.456. The van der Waals surface area contributed by atoms with Gasteiger partial charge in [-0.05, 0) is 49.8 Å². The Bertz CT molecular complexity index is 896. The lowest BCUT2D eigenvalue weighted by Crippen LogP contribution is -2.31. The first-order valence-electron chi connectivity index (χ1n) is 8.81. The Morgan fingerprint density at radius 1 is 1.27 bits per heavy atom. The van der Waals surface area contributed by atoms with Crippen LogP contribution < -0.4 is 11.5 Å². The van der Waals surface area contributed by atoms with E-state index in [1.807, 2.05) is 17.8 Å². The first-order chi connectivity index (χ1) is 12.5. The quantitative estimate of drug-likeness (QED) is 0.811. The van der Waals surface area contributed by atoms with Crippen LogP contribution in [0.1, 0.15) is 46.5 Å². The number of hydrogen-bond donors (Lipinski definition) is 2. The van der Waals surface area contributed by atoms with Gasteiger partial charge in [0.25, 0.3) is 5.91 Å². The molecular weight excluding hydrogens is 362 g/mol. The number of benzene rings is 1. The van der Waals surface area contributed by atoms with E-state index in [0.717, 1.165) is 36.1 Å². The van der Waals surface area contributed by atoms with Crippen LogP contribution in [-0.2, 0) is 12.8 Å². The number of thiophene rings is 1. The zero-order chi connectivity index (χ0) is 18.4. The van der Waals surface area contributed by atoms with Gasteiger partial charge in [-0.2, -0.15) is 5.26 Å². The average molecular weight is 384 g/mol. The van der Waals surface area contributed by atoms with E-state index in [0.29, 0.717) is 23.4 Å². The molecule has 2 aliphatic rings. The van der Waals surface area contributed by atoms with Crippen molar-refractivity contribution in [1.82, 2.24) is 0 Å². The number of nitrogens with two attached hydrogens (primary N) is 2. The number of anilines is 1. The molecule has 4 N–H and O–H groups in total. The molecule has 1 atom stereocenters. The fourth-order valence-corrected chi connectivity index (χ4v) is 6.78. The highest BCUT2D eigenvalue weighted by atomic mass is 32.2. The molecule has 0 radical (unpaired) electrons. The normalized spacial score (nSPS) is 23.0. The van der Waals surface area contributed by atoms with Gasteiger partial charge in [-0.25, -0.2) is 0 Å². The summed E-state index contributed by atoms with van der Waals surface area (Å²) in [4.78, 5) is 14.1. The number of hydrogen-bond acceptors (Lipinski definition) is 5. The number of primary amides is 1. The predicted octanol–water partition coefficient (Wildman–Crippen LogP) is 4.14. The van der Waals surface area contributed by atoms with Crippen molar-refractivity contribution in [2.45, 2.75) is 48.2 Å². The van der Waals surface area contributed by atoms with Crippen LogP contribution in [0, 0.1) is 16.7 Å². The molecule has 134 valence electrons. The van der Waals surface area contributed by atoms with Crippen molar-refractivity contribution in [1.29, 1.82) is 5.26 Å². The van der Waals surface area contributed by atoms with Gasteiger partial charge in [0.15, 0.2) is 0 Å². The molecule has 6 heteroatoms. The summed E-state index contributed by atoms with van der Waals surface area (Å²) in [7, 11) is 0. The molecule has 0 saturated heterocycles. The lowest BCUT2D eigenvalue weighted by molar-refractivity contribution is 0.1000. The molecular formula is C20H21N3OS2. The molecule has 4 rings (SSSR count). The molecule has 1 aromatic carbocycles. The van der Waals surface area contributed by atoms with E-state index in [-0.39, 0.29) is 10.2 Å². The van der Waals surface area contributed by atoms with E-state index in [1.54, 1.807) is 0 Å². The zero-order valence-corrected chi connectivity index (χ0v) is 16.1. The Balaban J connectivity index is 1.57. The highest BCUT2D eigenvalue weighted by Gasteiger charge is 2.51. The molecule has 1 saturated carbocycles. The third kappa shape index (κ3) is 3.10. The lowest BCUT2D eigenvalue weighted by Gasteiger charge is -2.34. The van der Waals surface area contributed by atoms with Crippen LogP contribution in [0.2, 0.25) is 0 Å². The molecule has 0 spiro atoms. The topological polar surface area (TPSA) is 92.9 Å². The van der Waals surface area contributed by atoms with E-state index in [4.69, 9.17) is 11.5 Å². The number of carbonyl (C=O) groups is 1. The second kappa shape index (κ2) is 6.33. The van der Waals surface area contributed by atoms with Crippen molar-refractivity contribution in [3.63, 3.8) is 0 Å². The maximum absolute atomic E-state index is 11.7. The summed E-state index contributed by atoms with van der Waals surface area (Å²) < 4.78 is 0.171. The van der Waals surface area contributed by atoms with Gasteiger partial charge in [0.2, 0.25) is 0 Å². The molecule has 4 nitrogen and oxygen atoms in total. The van der Waals surface area contributed by atoms with E-state index in [1.165, 1.54) is 16.2 Å². The van der Waals surface area contributed by atoms with Crippen LogP contribution >= 0.6 is 23.1 Å². The molecule has 0 bridgehead atoms. The first kappa shape index (κ1) is 17.4. The van der Waals surface area contributed by atoms with Gasteiger partial charge < -0.3 is 11.5 Å². The second-order valence-electron chi connectivity index (χ2n) is 7.45. The van der Waals surface area contributed by atoms with Gasteiger partial charge in [0, 0.05) is 20.9 Å². The van der Waals surface area contributed by atoms with Gasteiger partial charge in [-0.3, -0.25) is 4.79 Å². The molecule has 2 aliphatic carbocycles. The van der Waals surface area contributed by atoms with Crippen LogP contribution in [0.25, 0.3) is 0 Å². The summed E-state index contributed by atoms with van der Waals surface area (Å²) >= 11 is 3.34. The number of thioether (sulfide) groups is 1. The minimum Gasteiger partial charge on any atom is -0.390 e. The lowest BCUT2D eigenvalue weighted by atomic mass is 9.71.